The molecular weight excluding hydrogens is 206 g/mol. The number of nitrogens with two attached hydrogens (primary N) is 1. The lowest BCUT2D eigenvalue weighted by Crippen LogP contribution is -2.24. The fourth-order valence-electron chi connectivity index (χ4n) is 0.845. The van der Waals surface area contributed by atoms with Gasteiger partial charge in [-0.1, -0.05) is 11.6 Å². The average molecular weight is 216 g/mol. The van der Waals surface area contributed by atoms with Crippen molar-refractivity contribution in [1.29, 1.82) is 0 Å². The Bertz CT molecular complexity index is 315. The monoisotopic (exact) mass is 215 g/mol. The van der Waals surface area contributed by atoms with Crippen LogP contribution in [0.25, 0.3) is 0 Å². The molecule has 0 aliphatic carbocycles. The Morgan fingerprint density at radius 2 is 2.36 bits per heavy atom. The van der Waals surface area contributed by atoms with Crippen molar-refractivity contribution in [1.82, 2.24) is 10.2 Å². The molecule has 0 saturated heterocycles. The first-order chi connectivity index (χ1) is 6.65. The molecule has 0 bridgehead atoms. The molecular formula is C8H10ClN3O2. The second-order valence-electron chi connectivity index (χ2n) is 2.51. The van der Waals surface area contributed by atoms with Gasteiger partial charge in [-0.15, -0.1) is 5.10 Å². The lowest BCUT2D eigenvalue weighted by atomic mass is 10.2. The summed E-state index contributed by atoms with van der Waals surface area (Å²) < 4.78 is 4.72. The number of carbonyl (C=O) groups is 1. The molecule has 1 aromatic rings. The Morgan fingerprint density at radius 1 is 1.64 bits per heavy atom. The summed E-state index contributed by atoms with van der Waals surface area (Å²) in [5, 5.41) is 7.50. The molecule has 0 aromatic carbocycles. The Hall–Kier alpha value is -1.20. The van der Waals surface area contributed by atoms with Crippen LogP contribution in [0, 0.1) is 0 Å². The van der Waals surface area contributed by atoms with Gasteiger partial charge in [-0.3, -0.25) is 0 Å². The van der Waals surface area contributed by atoms with E-state index in [0.717, 1.165) is 0 Å². The number of ether oxygens (including phenoxy) is 1. The van der Waals surface area contributed by atoms with E-state index in [1.807, 2.05) is 0 Å². The summed E-state index contributed by atoms with van der Waals surface area (Å²) in [6.07, 6.45) is 0. The number of hydrogen-bond acceptors (Lipinski definition) is 5. The lowest BCUT2D eigenvalue weighted by Gasteiger charge is -2.08. The smallest absolute Gasteiger partial charge is 0.329 e. The van der Waals surface area contributed by atoms with Crippen LogP contribution in [0.5, 0.6) is 0 Å². The quantitative estimate of drug-likeness (QED) is 0.751. The minimum absolute atomic E-state index is 0.254. The van der Waals surface area contributed by atoms with Gasteiger partial charge in [0.05, 0.1) is 12.3 Å². The SMILES string of the molecule is CCOC(=O)C(N)c1ccc(Cl)nn1. The highest BCUT2D eigenvalue weighted by Crippen LogP contribution is 2.10. The molecule has 0 fully saturated rings. The van der Waals surface area contributed by atoms with Gasteiger partial charge in [-0.2, -0.15) is 5.10 Å². The Morgan fingerprint density at radius 3 is 2.86 bits per heavy atom. The largest absolute Gasteiger partial charge is 0.465 e. The summed E-state index contributed by atoms with van der Waals surface area (Å²) in [6, 6.07) is 2.15. The van der Waals surface area contributed by atoms with E-state index in [0.29, 0.717) is 5.69 Å². The van der Waals surface area contributed by atoms with Crippen LogP contribution in [0.15, 0.2) is 12.1 Å². The number of carbonyl (C=O) groups excluding carboxylic acids is 1. The number of halogens is 1. The molecule has 0 saturated carbocycles. The van der Waals surface area contributed by atoms with Crippen LogP contribution < -0.4 is 5.73 Å². The van der Waals surface area contributed by atoms with Crippen LogP contribution in [0.1, 0.15) is 18.7 Å². The van der Waals surface area contributed by atoms with Crippen LogP contribution in [0.3, 0.4) is 0 Å². The molecule has 5 nitrogen and oxygen atoms in total. The van der Waals surface area contributed by atoms with Crippen molar-refractivity contribution >= 4 is 17.6 Å². The molecule has 6 heteroatoms. The summed E-state index contributed by atoms with van der Waals surface area (Å²) in [5.74, 6) is -0.524. The van der Waals surface area contributed by atoms with Crippen LogP contribution >= 0.6 is 11.6 Å². The van der Waals surface area contributed by atoms with E-state index in [9.17, 15) is 4.79 Å². The Labute approximate surface area is 86.2 Å². The second-order valence-corrected chi connectivity index (χ2v) is 2.90. The third-order valence-corrected chi connectivity index (χ3v) is 1.71. The van der Waals surface area contributed by atoms with E-state index in [-0.39, 0.29) is 11.8 Å². The van der Waals surface area contributed by atoms with Crippen LogP contribution in [-0.2, 0) is 9.53 Å². The zero-order chi connectivity index (χ0) is 10.6. The summed E-state index contributed by atoms with van der Waals surface area (Å²) >= 11 is 5.53. The number of esters is 1. The molecule has 1 unspecified atom stereocenters. The number of hydrogen-bond donors (Lipinski definition) is 1. The zero-order valence-electron chi connectivity index (χ0n) is 7.61. The van der Waals surface area contributed by atoms with Crippen molar-refractivity contribution < 1.29 is 9.53 Å². The predicted octanol–water partition coefficient (Wildman–Crippen LogP) is 0.693. The lowest BCUT2D eigenvalue weighted by molar-refractivity contribution is -0.144. The fourth-order valence-corrected chi connectivity index (χ4v) is 0.946. The van der Waals surface area contributed by atoms with Gasteiger partial charge in [0.25, 0.3) is 0 Å². The molecule has 2 N–H and O–H groups in total. The Kier molecular flexibility index (Phi) is 3.79. The first-order valence-electron chi connectivity index (χ1n) is 4.06. The summed E-state index contributed by atoms with van der Waals surface area (Å²) in [5.41, 5.74) is 5.90. The van der Waals surface area contributed by atoms with Crippen LogP contribution in [0.4, 0.5) is 0 Å². The highest BCUT2D eigenvalue weighted by molar-refractivity contribution is 6.29. The third-order valence-electron chi connectivity index (χ3n) is 1.51. The standard InChI is InChI=1S/C8H10ClN3O2/c1-2-14-8(13)7(10)5-3-4-6(9)12-11-5/h3-4,7H,2,10H2,1H3. The summed E-state index contributed by atoms with van der Waals surface area (Å²) in [7, 11) is 0. The van der Waals surface area contributed by atoms with Gasteiger partial charge in [0.15, 0.2) is 5.15 Å². The third kappa shape index (κ3) is 2.65. The molecule has 14 heavy (non-hydrogen) atoms. The molecule has 0 radical (unpaired) electrons. The minimum Gasteiger partial charge on any atom is -0.465 e. The van der Waals surface area contributed by atoms with E-state index >= 15 is 0 Å². The fraction of sp³-hybridized carbons (Fsp3) is 0.375. The maximum atomic E-state index is 11.2. The van der Waals surface area contributed by atoms with Crippen molar-refractivity contribution in [2.75, 3.05) is 6.61 Å². The van der Waals surface area contributed by atoms with Crippen molar-refractivity contribution in [3.8, 4) is 0 Å². The zero-order valence-corrected chi connectivity index (χ0v) is 8.36. The maximum absolute atomic E-state index is 11.2. The number of aromatic nitrogens is 2. The molecule has 76 valence electrons. The van der Waals surface area contributed by atoms with Gasteiger partial charge in [-0.25, -0.2) is 4.79 Å². The van der Waals surface area contributed by atoms with Gasteiger partial charge in [0, 0.05) is 0 Å². The van der Waals surface area contributed by atoms with E-state index in [2.05, 4.69) is 10.2 Å². The van der Waals surface area contributed by atoms with Gasteiger partial charge < -0.3 is 10.5 Å². The van der Waals surface area contributed by atoms with Gasteiger partial charge in [-0.05, 0) is 19.1 Å². The molecule has 1 rings (SSSR count). The number of nitrogens with zero attached hydrogens (tertiary/aromatic N) is 2. The van der Waals surface area contributed by atoms with E-state index in [1.165, 1.54) is 12.1 Å². The van der Waals surface area contributed by atoms with Crippen LogP contribution in [0.2, 0.25) is 5.15 Å². The second kappa shape index (κ2) is 4.88. The highest BCUT2D eigenvalue weighted by Gasteiger charge is 2.18. The maximum Gasteiger partial charge on any atom is 0.329 e. The number of rotatable bonds is 3. The highest BCUT2D eigenvalue weighted by atomic mass is 35.5. The summed E-state index contributed by atoms with van der Waals surface area (Å²) in [6.45, 7) is 1.99. The van der Waals surface area contributed by atoms with E-state index in [4.69, 9.17) is 22.1 Å². The molecule has 1 aromatic heterocycles. The minimum atomic E-state index is -0.903. The normalized spacial score (nSPS) is 12.2. The first kappa shape index (κ1) is 10.9. The molecule has 0 aliphatic rings. The molecule has 0 aliphatic heterocycles. The Balaban J connectivity index is 2.73. The van der Waals surface area contributed by atoms with E-state index in [1.54, 1.807) is 6.92 Å². The van der Waals surface area contributed by atoms with Crippen molar-refractivity contribution in [2.45, 2.75) is 13.0 Å². The average Bonchev–Trinajstić information content (AvgIpc) is 2.18. The first-order valence-corrected chi connectivity index (χ1v) is 4.44. The van der Waals surface area contributed by atoms with Crippen molar-refractivity contribution in [3.05, 3.63) is 23.0 Å². The molecule has 0 spiro atoms. The van der Waals surface area contributed by atoms with Gasteiger partial charge in [0.2, 0.25) is 0 Å². The molecule has 0 amide bonds. The van der Waals surface area contributed by atoms with Crippen molar-refractivity contribution in [3.63, 3.8) is 0 Å². The van der Waals surface area contributed by atoms with E-state index < -0.39 is 12.0 Å². The predicted molar refractivity (Wildman–Crippen MR) is 50.6 cm³/mol. The summed E-state index contributed by atoms with van der Waals surface area (Å²) in [4.78, 5) is 11.2. The topological polar surface area (TPSA) is 78.1 Å². The van der Waals surface area contributed by atoms with Crippen molar-refractivity contribution in [2.24, 2.45) is 5.73 Å². The van der Waals surface area contributed by atoms with Crippen LogP contribution in [-0.4, -0.2) is 22.8 Å². The molecule has 1 atom stereocenters. The van der Waals surface area contributed by atoms with Gasteiger partial charge in [0.1, 0.15) is 6.04 Å². The molecule has 1 heterocycles. The van der Waals surface area contributed by atoms with Gasteiger partial charge >= 0.3 is 5.97 Å².